The minimum absolute atomic E-state index is 0. The molecule has 8 heteroatoms. The molecule has 0 saturated carbocycles. The highest BCUT2D eigenvalue weighted by Crippen LogP contribution is 2.15. The lowest BCUT2D eigenvalue weighted by atomic mass is 10.3. The summed E-state index contributed by atoms with van der Waals surface area (Å²) < 4.78 is 5.63. The largest absolute Gasteiger partial charge is 0.444 e. The van der Waals surface area contributed by atoms with Gasteiger partial charge in [0.2, 0.25) is 5.91 Å². The van der Waals surface area contributed by atoms with Crippen LogP contribution in [-0.2, 0) is 4.79 Å². The van der Waals surface area contributed by atoms with E-state index in [2.05, 4.69) is 15.9 Å². The Balaban J connectivity index is 0.00000361. The topological polar surface area (TPSA) is 79.8 Å². The monoisotopic (exact) mass is 367 g/mol. The van der Waals surface area contributed by atoms with Crippen LogP contribution in [0, 0.1) is 0 Å². The predicted molar refractivity (Wildman–Crippen MR) is 81.9 cm³/mol. The van der Waals surface area contributed by atoms with Crippen LogP contribution in [0.15, 0.2) is 21.2 Å². The minimum Gasteiger partial charge on any atom is -0.444 e. The van der Waals surface area contributed by atoms with Gasteiger partial charge in [-0.3, -0.25) is 9.59 Å². The van der Waals surface area contributed by atoms with E-state index < -0.39 is 0 Å². The SMILES string of the molecule is CC(CN)N(C)C(=O)CN(C)C(=O)c1ccc(Br)o1.Cl. The number of nitrogens with zero attached hydrogens (tertiary/aromatic N) is 2. The van der Waals surface area contributed by atoms with E-state index in [-0.39, 0.29) is 42.6 Å². The number of carbonyl (C=O) groups excluding carboxylic acids is 2. The van der Waals surface area contributed by atoms with Gasteiger partial charge in [0.1, 0.15) is 0 Å². The molecule has 0 aliphatic carbocycles. The Morgan fingerprint density at radius 2 is 2.00 bits per heavy atom. The molecule has 2 N–H and O–H groups in total. The second kappa shape index (κ2) is 8.28. The van der Waals surface area contributed by atoms with Gasteiger partial charge in [-0.05, 0) is 35.0 Å². The van der Waals surface area contributed by atoms with Crippen molar-refractivity contribution in [1.29, 1.82) is 0 Å². The van der Waals surface area contributed by atoms with Crippen LogP contribution in [0.5, 0.6) is 0 Å². The smallest absolute Gasteiger partial charge is 0.289 e. The van der Waals surface area contributed by atoms with Crippen molar-refractivity contribution in [1.82, 2.24) is 9.80 Å². The molecular weight excluding hydrogens is 350 g/mol. The molecule has 0 aromatic carbocycles. The first kappa shape index (κ1) is 18.9. The molecule has 1 atom stereocenters. The van der Waals surface area contributed by atoms with E-state index in [0.717, 1.165) is 0 Å². The molecule has 0 bridgehead atoms. The van der Waals surface area contributed by atoms with Gasteiger partial charge in [-0.15, -0.1) is 12.4 Å². The van der Waals surface area contributed by atoms with E-state index in [1.54, 1.807) is 26.2 Å². The zero-order valence-corrected chi connectivity index (χ0v) is 14.0. The predicted octanol–water partition coefficient (Wildman–Crippen LogP) is 1.34. The number of hydrogen-bond acceptors (Lipinski definition) is 4. The molecule has 6 nitrogen and oxygen atoms in total. The van der Waals surface area contributed by atoms with Crippen molar-refractivity contribution in [2.45, 2.75) is 13.0 Å². The van der Waals surface area contributed by atoms with Gasteiger partial charge < -0.3 is 20.0 Å². The Labute approximate surface area is 132 Å². The third kappa shape index (κ3) is 4.81. The van der Waals surface area contributed by atoms with E-state index in [9.17, 15) is 9.59 Å². The van der Waals surface area contributed by atoms with Crippen LogP contribution in [0.1, 0.15) is 17.5 Å². The first-order valence-electron chi connectivity index (χ1n) is 5.83. The van der Waals surface area contributed by atoms with Crippen molar-refractivity contribution in [2.75, 3.05) is 27.2 Å². The molecule has 1 aromatic rings. The average molecular weight is 369 g/mol. The van der Waals surface area contributed by atoms with Crippen LogP contribution in [0.4, 0.5) is 0 Å². The van der Waals surface area contributed by atoms with Crippen LogP contribution in [0.25, 0.3) is 0 Å². The maximum absolute atomic E-state index is 12.0. The van der Waals surface area contributed by atoms with Crippen molar-refractivity contribution < 1.29 is 14.0 Å². The van der Waals surface area contributed by atoms with E-state index >= 15 is 0 Å². The van der Waals surface area contributed by atoms with Gasteiger partial charge in [0.05, 0.1) is 6.54 Å². The Hall–Kier alpha value is -1.05. The number of furan rings is 1. The van der Waals surface area contributed by atoms with E-state index in [4.69, 9.17) is 10.2 Å². The Morgan fingerprint density at radius 1 is 1.40 bits per heavy atom. The average Bonchev–Trinajstić information content (AvgIpc) is 2.82. The van der Waals surface area contributed by atoms with Crippen LogP contribution in [0.3, 0.4) is 0 Å². The van der Waals surface area contributed by atoms with Crippen molar-refractivity contribution in [3.63, 3.8) is 0 Å². The van der Waals surface area contributed by atoms with Gasteiger partial charge in [-0.2, -0.15) is 0 Å². The van der Waals surface area contributed by atoms with Gasteiger partial charge in [0.15, 0.2) is 10.4 Å². The van der Waals surface area contributed by atoms with Gasteiger partial charge in [0, 0.05) is 26.7 Å². The summed E-state index contributed by atoms with van der Waals surface area (Å²) in [5.74, 6) is -0.316. The molecule has 1 heterocycles. The number of amides is 2. The van der Waals surface area contributed by atoms with E-state index in [1.807, 2.05) is 6.92 Å². The number of halogens is 2. The van der Waals surface area contributed by atoms with Crippen LogP contribution >= 0.6 is 28.3 Å². The number of hydrogen-bond donors (Lipinski definition) is 1. The van der Waals surface area contributed by atoms with Crippen molar-refractivity contribution >= 4 is 40.2 Å². The standard InChI is InChI=1S/C12H18BrN3O3.ClH/c1-8(6-14)16(3)11(17)7-15(2)12(18)9-4-5-10(13)19-9;/h4-5,8H,6-7,14H2,1-3H3;1H. The summed E-state index contributed by atoms with van der Waals surface area (Å²) in [5, 5.41) is 0. The van der Waals surface area contributed by atoms with Crippen LogP contribution in [-0.4, -0.2) is 54.8 Å². The summed E-state index contributed by atoms with van der Waals surface area (Å²) in [7, 11) is 3.22. The number of likely N-dealkylation sites (N-methyl/N-ethyl adjacent to an activating group) is 2. The highest BCUT2D eigenvalue weighted by Gasteiger charge is 2.21. The summed E-state index contributed by atoms with van der Waals surface area (Å²) in [5.41, 5.74) is 5.50. The summed E-state index contributed by atoms with van der Waals surface area (Å²) in [6.07, 6.45) is 0. The molecule has 2 amide bonds. The van der Waals surface area contributed by atoms with E-state index in [0.29, 0.717) is 11.2 Å². The Morgan fingerprint density at radius 3 is 2.45 bits per heavy atom. The van der Waals surface area contributed by atoms with Crippen molar-refractivity contribution in [3.8, 4) is 0 Å². The minimum atomic E-state index is -0.340. The lowest BCUT2D eigenvalue weighted by molar-refractivity contribution is -0.132. The number of rotatable bonds is 5. The molecular formula is C12H19BrClN3O3. The normalized spacial score (nSPS) is 11.4. The molecule has 20 heavy (non-hydrogen) atoms. The second-order valence-corrected chi connectivity index (χ2v) is 5.14. The van der Waals surface area contributed by atoms with Crippen LogP contribution in [0.2, 0.25) is 0 Å². The summed E-state index contributed by atoms with van der Waals surface area (Å²) in [4.78, 5) is 26.7. The molecule has 1 unspecified atom stereocenters. The maximum atomic E-state index is 12.0. The zero-order chi connectivity index (χ0) is 14.6. The fourth-order valence-electron chi connectivity index (χ4n) is 1.41. The lowest BCUT2D eigenvalue weighted by Gasteiger charge is -2.26. The number of carbonyl (C=O) groups is 2. The molecule has 0 saturated heterocycles. The molecule has 0 spiro atoms. The number of nitrogens with two attached hydrogens (primary N) is 1. The van der Waals surface area contributed by atoms with Crippen molar-refractivity contribution in [2.24, 2.45) is 5.73 Å². The zero-order valence-electron chi connectivity index (χ0n) is 11.6. The van der Waals surface area contributed by atoms with Gasteiger partial charge in [0.25, 0.3) is 5.91 Å². The van der Waals surface area contributed by atoms with Gasteiger partial charge in [-0.1, -0.05) is 0 Å². The van der Waals surface area contributed by atoms with E-state index in [1.165, 1.54) is 9.80 Å². The van der Waals surface area contributed by atoms with Crippen molar-refractivity contribution in [3.05, 3.63) is 22.6 Å². The summed E-state index contributed by atoms with van der Waals surface area (Å²) in [6, 6.07) is 3.12. The summed E-state index contributed by atoms with van der Waals surface area (Å²) in [6.45, 7) is 2.21. The molecule has 1 rings (SSSR count). The van der Waals surface area contributed by atoms with Crippen LogP contribution < -0.4 is 5.73 Å². The van der Waals surface area contributed by atoms with Gasteiger partial charge in [-0.25, -0.2) is 0 Å². The first-order valence-corrected chi connectivity index (χ1v) is 6.62. The summed E-state index contributed by atoms with van der Waals surface area (Å²) >= 11 is 3.13. The third-order valence-electron chi connectivity index (χ3n) is 2.90. The Kier molecular flexibility index (Phi) is 7.85. The molecule has 0 aliphatic rings. The molecule has 0 aliphatic heterocycles. The van der Waals surface area contributed by atoms with Gasteiger partial charge >= 0.3 is 0 Å². The second-order valence-electron chi connectivity index (χ2n) is 4.35. The maximum Gasteiger partial charge on any atom is 0.289 e. The Bertz CT molecular complexity index is 467. The third-order valence-corrected chi connectivity index (χ3v) is 3.32. The highest BCUT2D eigenvalue weighted by atomic mass is 79.9. The lowest BCUT2D eigenvalue weighted by Crippen LogP contribution is -2.45. The first-order chi connectivity index (χ1) is 8.86. The molecule has 114 valence electrons. The fraction of sp³-hybridized carbons (Fsp3) is 0.500. The quantitative estimate of drug-likeness (QED) is 0.850. The molecule has 0 fully saturated rings. The molecule has 1 aromatic heterocycles. The molecule has 0 radical (unpaired) electrons. The fourth-order valence-corrected chi connectivity index (χ4v) is 1.71. The highest BCUT2D eigenvalue weighted by molar-refractivity contribution is 9.10.